The summed E-state index contributed by atoms with van der Waals surface area (Å²) >= 11 is 2.99. The highest BCUT2D eigenvalue weighted by molar-refractivity contribution is 14.1. The van der Waals surface area contributed by atoms with Gasteiger partial charge in [-0.1, -0.05) is 12.8 Å². The number of halogens is 3. The normalized spacial score (nSPS) is 21.6. The number of carbonyl (C=O) groups is 3. The van der Waals surface area contributed by atoms with Gasteiger partial charge in [-0.2, -0.15) is 11.8 Å². The Labute approximate surface area is 243 Å². The molecule has 1 aromatic carbocycles. The maximum Gasteiger partial charge on any atom is 0.537 e. The van der Waals surface area contributed by atoms with E-state index in [1.807, 2.05) is 11.8 Å². The van der Waals surface area contributed by atoms with Crippen LogP contribution in [0.25, 0.3) is 0 Å². The van der Waals surface area contributed by atoms with E-state index in [0.717, 1.165) is 60.2 Å². The Morgan fingerprint density at radius 2 is 1.90 bits per heavy atom. The zero-order valence-electron chi connectivity index (χ0n) is 21.0. The van der Waals surface area contributed by atoms with Crippen LogP contribution in [0.15, 0.2) is 18.2 Å². The van der Waals surface area contributed by atoms with Gasteiger partial charge in [0.05, 0.1) is 17.6 Å². The minimum atomic E-state index is -4.53. The second kappa shape index (κ2) is 15.4. The summed E-state index contributed by atoms with van der Waals surface area (Å²) in [6, 6.07) is 3.62. The fourth-order valence-electron chi connectivity index (χ4n) is 4.42. The topological polar surface area (TPSA) is 155 Å². The first kappa shape index (κ1) is 31.8. The monoisotopic (exact) mass is 704 g/mol. The van der Waals surface area contributed by atoms with Crippen LogP contribution < -0.4 is 25.8 Å². The van der Waals surface area contributed by atoms with Gasteiger partial charge in [0.15, 0.2) is 0 Å². The molecule has 39 heavy (non-hydrogen) atoms. The molecule has 0 aromatic heterocycles. The van der Waals surface area contributed by atoms with Gasteiger partial charge in [-0.3, -0.25) is 14.5 Å². The number of phosphoric ester groups is 1. The molecule has 4 atom stereocenters. The maximum absolute atomic E-state index is 13.4. The number of anilines is 1. The summed E-state index contributed by atoms with van der Waals surface area (Å²) in [5, 5.41) is 11.7. The van der Waals surface area contributed by atoms with Crippen LogP contribution in [-0.4, -0.2) is 52.4 Å². The minimum absolute atomic E-state index is 0.00889. The molecule has 218 valence electrons. The Balaban J connectivity index is 1.25. The van der Waals surface area contributed by atoms with E-state index in [1.54, 1.807) is 0 Å². The fourth-order valence-corrected chi connectivity index (χ4v) is 6.65. The van der Waals surface area contributed by atoms with E-state index in [0.29, 0.717) is 37.5 Å². The molecule has 2 saturated heterocycles. The van der Waals surface area contributed by atoms with Gasteiger partial charge in [0, 0.05) is 36.1 Å². The van der Waals surface area contributed by atoms with Crippen LogP contribution >= 0.6 is 42.6 Å². The number of carbonyl (C=O) groups excluding carboxylic acids is 3. The lowest BCUT2D eigenvalue weighted by molar-refractivity contribution is -0.121. The SMILES string of the molecule is O=C(CCCCC1SCC2NC(=O)NC21)NCCCCCC(=O)Nc1ccc(OP(=O)(O)OI)c(C(F)F)c1. The van der Waals surface area contributed by atoms with Crippen molar-refractivity contribution in [1.29, 1.82) is 0 Å². The second-order valence-corrected chi connectivity index (χ2v) is 13.0. The van der Waals surface area contributed by atoms with Crippen molar-refractivity contribution in [3.8, 4) is 5.75 Å². The molecule has 0 bridgehead atoms. The third kappa shape index (κ3) is 10.3. The van der Waals surface area contributed by atoms with Crippen molar-refractivity contribution < 1.29 is 40.0 Å². The van der Waals surface area contributed by atoms with Crippen LogP contribution in [0.2, 0.25) is 0 Å². The summed E-state index contributed by atoms with van der Waals surface area (Å²) in [7, 11) is -4.53. The van der Waals surface area contributed by atoms with Crippen molar-refractivity contribution in [3.63, 3.8) is 0 Å². The summed E-state index contributed by atoms with van der Waals surface area (Å²) in [4.78, 5) is 45.0. The molecular formula is C23H32F2IN4O7PS. The van der Waals surface area contributed by atoms with Crippen LogP contribution in [0.5, 0.6) is 5.75 Å². The highest BCUT2D eigenvalue weighted by atomic mass is 127. The Kier molecular flexibility index (Phi) is 12.5. The molecular weight excluding hydrogens is 672 g/mol. The molecule has 4 amide bonds. The molecule has 16 heteroatoms. The van der Waals surface area contributed by atoms with Crippen LogP contribution in [0.3, 0.4) is 0 Å². The second-order valence-electron chi connectivity index (χ2n) is 9.26. The predicted molar refractivity (Wildman–Crippen MR) is 151 cm³/mol. The summed E-state index contributed by atoms with van der Waals surface area (Å²) in [5.74, 6) is 0.0284. The number of phosphoric acid groups is 1. The number of nitrogens with one attached hydrogen (secondary N) is 4. The molecule has 0 radical (unpaired) electrons. The molecule has 1 aromatic rings. The Morgan fingerprint density at radius 3 is 2.64 bits per heavy atom. The van der Waals surface area contributed by atoms with Gasteiger partial charge in [-0.05, 0) is 43.9 Å². The van der Waals surface area contributed by atoms with Crippen molar-refractivity contribution in [2.45, 2.75) is 75.1 Å². The molecule has 5 N–H and O–H groups in total. The Morgan fingerprint density at radius 1 is 1.15 bits per heavy atom. The summed E-state index contributed by atoms with van der Waals surface area (Å²) < 4.78 is 47.1. The molecule has 0 aliphatic carbocycles. The molecule has 2 aliphatic rings. The number of amides is 4. The van der Waals surface area contributed by atoms with E-state index in [4.69, 9.17) is 0 Å². The van der Waals surface area contributed by atoms with Gasteiger partial charge < -0.3 is 25.8 Å². The molecule has 2 aliphatic heterocycles. The third-order valence-corrected chi connectivity index (χ3v) is 9.92. The molecule has 2 fully saturated rings. The Bertz CT molecular complexity index is 1070. The average molecular weight is 704 g/mol. The zero-order chi connectivity index (χ0) is 28.4. The fraction of sp³-hybridized carbons (Fsp3) is 0.609. The van der Waals surface area contributed by atoms with Crippen molar-refractivity contribution in [2.75, 3.05) is 17.6 Å². The minimum Gasteiger partial charge on any atom is -0.403 e. The van der Waals surface area contributed by atoms with Crippen LogP contribution in [0.1, 0.15) is 63.4 Å². The first-order valence-electron chi connectivity index (χ1n) is 12.6. The number of rotatable bonds is 16. The summed E-state index contributed by atoms with van der Waals surface area (Å²) in [6.45, 7) is 0.509. The molecule has 0 spiro atoms. The van der Waals surface area contributed by atoms with Gasteiger partial charge >= 0.3 is 13.9 Å². The largest absolute Gasteiger partial charge is 0.537 e. The number of thioether (sulfide) groups is 1. The van der Waals surface area contributed by atoms with Gasteiger partial charge in [-0.25, -0.2) is 21.0 Å². The maximum atomic E-state index is 13.4. The van der Waals surface area contributed by atoms with Crippen molar-refractivity contribution in [3.05, 3.63) is 23.8 Å². The van der Waals surface area contributed by atoms with E-state index in [1.165, 1.54) is 6.07 Å². The highest BCUT2D eigenvalue weighted by Gasteiger charge is 2.42. The lowest BCUT2D eigenvalue weighted by Crippen LogP contribution is -2.36. The Hall–Kier alpha value is -1.68. The standard InChI is InChI=1S/C23H32F2IN4O7PS/c24-22(25)15-12-14(9-10-17(15)36-38(34,35)37-26)28-20(32)8-2-1-5-11-27-19(31)7-4-3-6-18-21-16(13-39-18)29-23(33)30-21/h9-10,12,16,18,21-22H,1-8,11,13H2,(H,27,31)(H,28,32)(H,34,35)(H2,29,30,33). The first-order valence-corrected chi connectivity index (χ1v) is 16.0. The number of fused-ring (bicyclic) bond motifs is 1. The van der Waals surface area contributed by atoms with Crippen LogP contribution in [-0.2, 0) is 17.0 Å². The third-order valence-electron chi connectivity index (χ3n) is 6.31. The van der Waals surface area contributed by atoms with Crippen LogP contribution in [0, 0.1) is 0 Å². The van der Waals surface area contributed by atoms with E-state index in [-0.39, 0.29) is 42.0 Å². The summed E-state index contributed by atoms with van der Waals surface area (Å²) in [6.07, 6.45) is 2.23. The van der Waals surface area contributed by atoms with E-state index in [2.05, 4.69) is 28.6 Å². The number of urea groups is 1. The van der Waals surface area contributed by atoms with Gasteiger partial charge in [0.25, 0.3) is 6.43 Å². The average Bonchev–Trinajstić information content (AvgIpc) is 3.43. The molecule has 2 heterocycles. The van der Waals surface area contributed by atoms with Gasteiger partial charge in [0.1, 0.15) is 28.8 Å². The highest BCUT2D eigenvalue weighted by Crippen LogP contribution is 2.48. The molecule has 11 nitrogen and oxygen atoms in total. The smallest absolute Gasteiger partial charge is 0.403 e. The molecule has 0 saturated carbocycles. The summed E-state index contributed by atoms with van der Waals surface area (Å²) in [5.41, 5.74) is -0.550. The van der Waals surface area contributed by atoms with E-state index < -0.39 is 25.6 Å². The number of hydrogen-bond donors (Lipinski definition) is 5. The van der Waals surface area contributed by atoms with Crippen molar-refractivity contribution >= 4 is 66.1 Å². The number of unbranched alkanes of at least 4 members (excludes halogenated alkanes) is 3. The van der Waals surface area contributed by atoms with Crippen LogP contribution in [0.4, 0.5) is 19.3 Å². The van der Waals surface area contributed by atoms with E-state index >= 15 is 0 Å². The zero-order valence-corrected chi connectivity index (χ0v) is 24.9. The number of hydrogen-bond acceptors (Lipinski definition) is 7. The lowest BCUT2D eigenvalue weighted by Gasteiger charge is -2.16. The van der Waals surface area contributed by atoms with Crippen molar-refractivity contribution in [2.24, 2.45) is 0 Å². The predicted octanol–water partition coefficient (Wildman–Crippen LogP) is 4.81. The molecule has 3 rings (SSSR count). The number of benzene rings is 1. The lowest BCUT2D eigenvalue weighted by atomic mass is 10.0. The first-order chi connectivity index (χ1) is 18.6. The van der Waals surface area contributed by atoms with Crippen molar-refractivity contribution in [1.82, 2.24) is 16.0 Å². The van der Waals surface area contributed by atoms with E-state index in [9.17, 15) is 32.6 Å². The van der Waals surface area contributed by atoms with Gasteiger partial charge in [0.2, 0.25) is 11.8 Å². The van der Waals surface area contributed by atoms with Gasteiger partial charge in [-0.15, -0.1) is 0 Å². The number of alkyl halides is 2. The molecule has 4 unspecified atom stereocenters. The quantitative estimate of drug-likeness (QED) is 0.0711.